The molecule has 0 fully saturated rings. The fraction of sp³-hybridized carbons (Fsp3) is 0.381. The van der Waals surface area contributed by atoms with Gasteiger partial charge in [0.1, 0.15) is 29.3 Å². The summed E-state index contributed by atoms with van der Waals surface area (Å²) in [5.41, 5.74) is 2.33. The third kappa shape index (κ3) is 5.22. The Morgan fingerprint density at radius 2 is 2.04 bits per heavy atom. The minimum absolute atomic E-state index is 0.284. The van der Waals surface area contributed by atoms with Crippen LogP contribution in [0.5, 0.6) is 11.5 Å². The van der Waals surface area contributed by atoms with E-state index in [9.17, 15) is 4.79 Å². The summed E-state index contributed by atoms with van der Waals surface area (Å²) in [6, 6.07) is 6.85. The molecule has 7 heteroatoms. The van der Waals surface area contributed by atoms with Gasteiger partial charge in [-0.1, -0.05) is 11.6 Å². The van der Waals surface area contributed by atoms with E-state index in [2.05, 4.69) is 26.7 Å². The number of aromatic nitrogens is 2. The molecule has 0 radical (unpaired) electrons. The molecule has 1 aromatic carbocycles. The van der Waals surface area contributed by atoms with Gasteiger partial charge in [0.15, 0.2) is 0 Å². The van der Waals surface area contributed by atoms with E-state index in [1.807, 2.05) is 0 Å². The molecule has 1 aliphatic rings. The number of allylic oxidation sites excluding steroid dienone is 1. The van der Waals surface area contributed by atoms with Gasteiger partial charge in [-0.25, -0.2) is 9.97 Å². The lowest BCUT2D eigenvalue weighted by Gasteiger charge is -2.13. The van der Waals surface area contributed by atoms with Gasteiger partial charge < -0.3 is 20.1 Å². The number of ether oxygens (including phenoxy) is 2. The molecule has 0 aliphatic heterocycles. The van der Waals surface area contributed by atoms with E-state index in [1.165, 1.54) is 37.6 Å². The molecule has 3 rings (SSSR count). The van der Waals surface area contributed by atoms with Gasteiger partial charge in [-0.05, 0) is 44.2 Å². The van der Waals surface area contributed by atoms with Gasteiger partial charge in [0.25, 0.3) is 5.91 Å². The first kappa shape index (κ1) is 19.7. The second-order valence-corrected chi connectivity index (χ2v) is 6.59. The molecule has 1 aromatic heterocycles. The second kappa shape index (κ2) is 9.73. The number of carbonyl (C=O) groups is 1. The molecule has 148 valence electrons. The number of methoxy groups -OCH3 is 2. The van der Waals surface area contributed by atoms with Crippen molar-refractivity contribution in [3.8, 4) is 11.5 Å². The summed E-state index contributed by atoms with van der Waals surface area (Å²) in [5.74, 6) is 1.47. The van der Waals surface area contributed by atoms with E-state index >= 15 is 0 Å². The van der Waals surface area contributed by atoms with Crippen molar-refractivity contribution in [3.05, 3.63) is 47.9 Å². The van der Waals surface area contributed by atoms with Crippen LogP contribution in [0.2, 0.25) is 0 Å². The van der Waals surface area contributed by atoms with Crippen molar-refractivity contribution in [1.29, 1.82) is 0 Å². The van der Waals surface area contributed by atoms with E-state index in [1.54, 1.807) is 38.5 Å². The molecule has 1 aliphatic carbocycles. The normalized spacial score (nSPS) is 13.4. The van der Waals surface area contributed by atoms with E-state index < -0.39 is 0 Å². The van der Waals surface area contributed by atoms with Crippen LogP contribution in [0, 0.1) is 0 Å². The van der Waals surface area contributed by atoms with Crippen molar-refractivity contribution in [2.75, 3.05) is 31.4 Å². The maximum Gasteiger partial charge on any atom is 0.274 e. The Hall–Kier alpha value is -3.09. The zero-order valence-electron chi connectivity index (χ0n) is 16.3. The SMILES string of the molecule is COc1ccc(NC(=O)c2cc(NCCC3=CCCCC3)ncn2)c(OC)c1. The van der Waals surface area contributed by atoms with Crippen molar-refractivity contribution in [2.45, 2.75) is 32.1 Å². The first-order chi connectivity index (χ1) is 13.7. The highest BCUT2D eigenvalue weighted by atomic mass is 16.5. The molecule has 0 saturated carbocycles. The minimum Gasteiger partial charge on any atom is -0.497 e. The zero-order chi connectivity index (χ0) is 19.8. The Labute approximate surface area is 165 Å². The molecule has 28 heavy (non-hydrogen) atoms. The fourth-order valence-corrected chi connectivity index (χ4v) is 3.15. The molecule has 0 saturated heterocycles. The number of anilines is 2. The van der Waals surface area contributed by atoms with Crippen LogP contribution in [0.25, 0.3) is 0 Å². The lowest BCUT2D eigenvalue weighted by atomic mass is 9.97. The predicted octanol–water partition coefficient (Wildman–Crippen LogP) is 4.05. The first-order valence-electron chi connectivity index (χ1n) is 9.47. The molecule has 0 atom stereocenters. The molecular formula is C21H26N4O3. The lowest BCUT2D eigenvalue weighted by Crippen LogP contribution is -2.15. The van der Waals surface area contributed by atoms with Crippen LogP contribution in [0.3, 0.4) is 0 Å². The van der Waals surface area contributed by atoms with Crippen molar-refractivity contribution < 1.29 is 14.3 Å². The van der Waals surface area contributed by atoms with Gasteiger partial charge in [-0.2, -0.15) is 0 Å². The van der Waals surface area contributed by atoms with Gasteiger partial charge in [0.05, 0.1) is 19.9 Å². The highest BCUT2D eigenvalue weighted by molar-refractivity contribution is 6.04. The topological polar surface area (TPSA) is 85.4 Å². The Morgan fingerprint density at radius 1 is 1.14 bits per heavy atom. The summed E-state index contributed by atoms with van der Waals surface area (Å²) >= 11 is 0. The van der Waals surface area contributed by atoms with Crippen LogP contribution in [0.4, 0.5) is 11.5 Å². The fourth-order valence-electron chi connectivity index (χ4n) is 3.15. The number of rotatable bonds is 8. The Balaban J connectivity index is 1.61. The number of carbonyl (C=O) groups excluding carboxylic acids is 1. The van der Waals surface area contributed by atoms with Gasteiger partial charge in [-0.15, -0.1) is 0 Å². The number of benzene rings is 1. The van der Waals surface area contributed by atoms with Crippen molar-refractivity contribution in [3.63, 3.8) is 0 Å². The smallest absolute Gasteiger partial charge is 0.274 e. The number of amides is 1. The third-order valence-electron chi connectivity index (χ3n) is 4.69. The summed E-state index contributed by atoms with van der Waals surface area (Å²) in [4.78, 5) is 20.9. The van der Waals surface area contributed by atoms with Crippen LogP contribution in [-0.2, 0) is 0 Å². The summed E-state index contributed by atoms with van der Waals surface area (Å²) in [7, 11) is 3.12. The number of hydrogen-bond donors (Lipinski definition) is 2. The summed E-state index contributed by atoms with van der Waals surface area (Å²) < 4.78 is 10.5. The van der Waals surface area contributed by atoms with Crippen LogP contribution in [-0.4, -0.2) is 36.6 Å². The molecule has 0 bridgehead atoms. The van der Waals surface area contributed by atoms with Crippen molar-refractivity contribution in [2.24, 2.45) is 0 Å². The number of hydrogen-bond acceptors (Lipinski definition) is 6. The molecule has 2 aromatic rings. The van der Waals surface area contributed by atoms with Gasteiger partial charge in [-0.3, -0.25) is 4.79 Å². The monoisotopic (exact) mass is 382 g/mol. The van der Waals surface area contributed by atoms with E-state index in [4.69, 9.17) is 9.47 Å². The maximum absolute atomic E-state index is 12.6. The van der Waals surface area contributed by atoms with Crippen LogP contribution >= 0.6 is 0 Å². The second-order valence-electron chi connectivity index (χ2n) is 6.59. The maximum atomic E-state index is 12.6. The average Bonchev–Trinajstić information content (AvgIpc) is 2.75. The lowest BCUT2D eigenvalue weighted by molar-refractivity contribution is 0.102. The molecule has 0 spiro atoms. The number of nitrogens with zero attached hydrogens (tertiary/aromatic N) is 2. The molecule has 0 unspecified atom stereocenters. The standard InChI is InChI=1S/C21H26N4O3/c1-27-16-8-9-17(19(12-16)28-2)25-21(26)18-13-20(24-14-23-18)22-11-10-15-6-4-3-5-7-15/h6,8-9,12-14H,3-5,7,10-11H2,1-2H3,(H,25,26)(H,22,23,24). The summed E-state index contributed by atoms with van der Waals surface area (Å²) in [5, 5.41) is 6.09. The first-order valence-corrected chi connectivity index (χ1v) is 9.47. The van der Waals surface area contributed by atoms with Gasteiger partial charge in [0, 0.05) is 18.7 Å². The zero-order valence-corrected chi connectivity index (χ0v) is 16.3. The minimum atomic E-state index is -0.330. The highest BCUT2D eigenvalue weighted by Gasteiger charge is 2.13. The van der Waals surface area contributed by atoms with Crippen molar-refractivity contribution in [1.82, 2.24) is 9.97 Å². The highest BCUT2D eigenvalue weighted by Crippen LogP contribution is 2.29. The largest absolute Gasteiger partial charge is 0.497 e. The van der Waals surface area contributed by atoms with Gasteiger partial charge >= 0.3 is 0 Å². The van der Waals surface area contributed by atoms with E-state index in [-0.39, 0.29) is 11.6 Å². The molecule has 1 amide bonds. The van der Waals surface area contributed by atoms with E-state index in [0.717, 1.165) is 13.0 Å². The van der Waals surface area contributed by atoms with E-state index in [0.29, 0.717) is 23.0 Å². The number of nitrogens with one attached hydrogen (secondary N) is 2. The Kier molecular flexibility index (Phi) is 6.84. The summed E-state index contributed by atoms with van der Waals surface area (Å²) in [6.07, 6.45) is 9.66. The van der Waals surface area contributed by atoms with Crippen LogP contribution < -0.4 is 20.1 Å². The quantitative estimate of drug-likeness (QED) is 0.670. The molecular weight excluding hydrogens is 356 g/mol. The Morgan fingerprint density at radius 3 is 2.79 bits per heavy atom. The average molecular weight is 382 g/mol. The third-order valence-corrected chi connectivity index (χ3v) is 4.69. The van der Waals surface area contributed by atoms with Crippen LogP contribution in [0.1, 0.15) is 42.6 Å². The molecule has 7 nitrogen and oxygen atoms in total. The predicted molar refractivity (Wildman–Crippen MR) is 109 cm³/mol. The molecule has 1 heterocycles. The molecule has 2 N–H and O–H groups in total. The Bertz CT molecular complexity index is 851. The van der Waals surface area contributed by atoms with Crippen molar-refractivity contribution >= 4 is 17.4 Å². The van der Waals surface area contributed by atoms with Crippen LogP contribution in [0.15, 0.2) is 42.2 Å². The van der Waals surface area contributed by atoms with Gasteiger partial charge in [0.2, 0.25) is 0 Å². The summed E-state index contributed by atoms with van der Waals surface area (Å²) in [6.45, 7) is 0.788.